The second-order valence-electron chi connectivity index (χ2n) is 3.85. The Morgan fingerprint density at radius 1 is 1.53 bits per heavy atom. The first-order valence-corrected chi connectivity index (χ1v) is 5.55. The van der Waals surface area contributed by atoms with Gasteiger partial charge in [-0.3, -0.25) is 9.59 Å². The first-order chi connectivity index (χ1) is 8.25. The molecule has 6 nitrogen and oxygen atoms in total. The van der Waals surface area contributed by atoms with E-state index in [1.165, 1.54) is 18.3 Å². The van der Waals surface area contributed by atoms with Crippen molar-refractivity contribution < 1.29 is 9.53 Å². The molecule has 1 aliphatic rings. The van der Waals surface area contributed by atoms with E-state index in [2.05, 4.69) is 15.6 Å². The molecule has 1 saturated heterocycles. The number of morpholine rings is 1. The molecule has 6 heteroatoms. The Hall–Kier alpha value is -1.66. The largest absolute Gasteiger partial charge is 0.374 e. The fourth-order valence-corrected chi connectivity index (χ4v) is 1.61. The lowest BCUT2D eigenvalue weighted by atomic mass is 10.2. The van der Waals surface area contributed by atoms with Gasteiger partial charge in [-0.15, -0.1) is 0 Å². The summed E-state index contributed by atoms with van der Waals surface area (Å²) in [5.74, 6) is -0.213. The fraction of sp³-hybridized carbons (Fsp3) is 0.455. The quantitative estimate of drug-likeness (QED) is 0.636. The van der Waals surface area contributed by atoms with Gasteiger partial charge in [-0.25, -0.2) is 0 Å². The van der Waals surface area contributed by atoms with Crippen molar-refractivity contribution in [3.05, 3.63) is 34.2 Å². The van der Waals surface area contributed by atoms with Crippen LogP contribution in [0, 0.1) is 0 Å². The summed E-state index contributed by atoms with van der Waals surface area (Å²) in [5.41, 5.74) is 0.217. The first kappa shape index (κ1) is 11.8. The predicted molar refractivity (Wildman–Crippen MR) is 62.0 cm³/mol. The Labute approximate surface area is 98.4 Å². The molecular formula is C11H15N3O3. The van der Waals surface area contributed by atoms with Crippen LogP contribution in [0.5, 0.6) is 0 Å². The average molecular weight is 237 g/mol. The Bertz CT molecular complexity index is 417. The molecule has 1 amide bonds. The summed E-state index contributed by atoms with van der Waals surface area (Å²) in [7, 11) is 0. The van der Waals surface area contributed by atoms with Crippen LogP contribution < -0.4 is 16.2 Å². The molecule has 0 spiro atoms. The van der Waals surface area contributed by atoms with Gasteiger partial charge in [0.2, 0.25) is 5.56 Å². The van der Waals surface area contributed by atoms with Crippen molar-refractivity contribution in [1.82, 2.24) is 15.6 Å². The van der Waals surface area contributed by atoms with Crippen LogP contribution in [-0.4, -0.2) is 43.2 Å². The molecule has 0 saturated carbocycles. The summed E-state index contributed by atoms with van der Waals surface area (Å²) in [5, 5.41) is 5.94. The molecule has 17 heavy (non-hydrogen) atoms. The maximum atomic E-state index is 11.7. The van der Waals surface area contributed by atoms with Gasteiger partial charge in [0.25, 0.3) is 5.91 Å². The molecule has 1 aromatic heterocycles. The van der Waals surface area contributed by atoms with E-state index in [0.29, 0.717) is 18.7 Å². The van der Waals surface area contributed by atoms with Gasteiger partial charge in [0.15, 0.2) is 0 Å². The summed E-state index contributed by atoms with van der Waals surface area (Å²) in [6.07, 6.45) is 1.41. The Balaban J connectivity index is 1.84. The van der Waals surface area contributed by atoms with Gasteiger partial charge in [-0.1, -0.05) is 0 Å². The average Bonchev–Trinajstić information content (AvgIpc) is 2.38. The minimum atomic E-state index is -0.221. The predicted octanol–water partition coefficient (Wildman–Crippen LogP) is -0.907. The maximum absolute atomic E-state index is 11.7. The molecular weight excluding hydrogens is 222 g/mol. The van der Waals surface area contributed by atoms with Crippen molar-refractivity contribution in [2.75, 3.05) is 26.2 Å². The van der Waals surface area contributed by atoms with E-state index in [4.69, 9.17) is 4.74 Å². The van der Waals surface area contributed by atoms with Gasteiger partial charge in [0, 0.05) is 31.9 Å². The van der Waals surface area contributed by atoms with Crippen LogP contribution in [0.15, 0.2) is 23.1 Å². The standard InChI is InChI=1S/C11H15N3O3/c15-10-2-1-8(5-13-10)11(16)14-7-9-6-12-3-4-17-9/h1-2,5,9,12H,3-4,6-7H2,(H,13,15)(H,14,16). The molecule has 2 heterocycles. The Morgan fingerprint density at radius 3 is 3.06 bits per heavy atom. The second-order valence-corrected chi connectivity index (χ2v) is 3.85. The number of nitrogens with one attached hydrogen (secondary N) is 3. The molecule has 1 fully saturated rings. The number of rotatable bonds is 3. The van der Waals surface area contributed by atoms with Gasteiger partial charge >= 0.3 is 0 Å². The number of hydrogen-bond acceptors (Lipinski definition) is 4. The molecule has 0 bridgehead atoms. The number of aromatic nitrogens is 1. The van der Waals surface area contributed by atoms with Gasteiger partial charge in [0.05, 0.1) is 18.3 Å². The topological polar surface area (TPSA) is 83.2 Å². The van der Waals surface area contributed by atoms with Gasteiger partial charge in [0.1, 0.15) is 0 Å². The van der Waals surface area contributed by atoms with E-state index in [0.717, 1.165) is 13.1 Å². The molecule has 1 atom stereocenters. The number of amides is 1. The van der Waals surface area contributed by atoms with Crippen LogP contribution in [0.25, 0.3) is 0 Å². The van der Waals surface area contributed by atoms with E-state index in [1.54, 1.807) is 0 Å². The minimum absolute atomic E-state index is 0.00969. The van der Waals surface area contributed by atoms with E-state index in [1.807, 2.05) is 0 Å². The van der Waals surface area contributed by atoms with Crippen LogP contribution in [0.4, 0.5) is 0 Å². The van der Waals surface area contributed by atoms with E-state index < -0.39 is 0 Å². The zero-order valence-electron chi connectivity index (χ0n) is 9.36. The van der Waals surface area contributed by atoms with Crippen LogP contribution in [0.2, 0.25) is 0 Å². The van der Waals surface area contributed by atoms with Crippen molar-refractivity contribution >= 4 is 5.91 Å². The van der Waals surface area contributed by atoms with Crippen molar-refractivity contribution in [3.63, 3.8) is 0 Å². The highest BCUT2D eigenvalue weighted by Crippen LogP contribution is 1.96. The summed E-state index contributed by atoms with van der Waals surface area (Å²) in [6.45, 7) is 2.72. The number of ether oxygens (including phenoxy) is 1. The zero-order valence-corrected chi connectivity index (χ0v) is 9.36. The summed E-state index contributed by atoms with van der Waals surface area (Å²) in [6, 6.07) is 2.82. The minimum Gasteiger partial charge on any atom is -0.374 e. The number of hydrogen-bond donors (Lipinski definition) is 3. The molecule has 92 valence electrons. The van der Waals surface area contributed by atoms with Crippen molar-refractivity contribution in [2.24, 2.45) is 0 Å². The van der Waals surface area contributed by atoms with Crippen LogP contribution in [0.1, 0.15) is 10.4 Å². The summed E-state index contributed by atoms with van der Waals surface area (Å²) < 4.78 is 5.45. The molecule has 1 unspecified atom stereocenters. The lowest BCUT2D eigenvalue weighted by Gasteiger charge is -2.23. The lowest BCUT2D eigenvalue weighted by Crippen LogP contribution is -2.45. The highest BCUT2D eigenvalue weighted by Gasteiger charge is 2.14. The highest BCUT2D eigenvalue weighted by molar-refractivity contribution is 5.93. The fourth-order valence-electron chi connectivity index (χ4n) is 1.61. The van der Waals surface area contributed by atoms with E-state index in [-0.39, 0.29) is 17.6 Å². The van der Waals surface area contributed by atoms with Crippen molar-refractivity contribution in [3.8, 4) is 0 Å². The highest BCUT2D eigenvalue weighted by atomic mass is 16.5. The van der Waals surface area contributed by atoms with Crippen LogP contribution in [-0.2, 0) is 4.74 Å². The molecule has 0 radical (unpaired) electrons. The van der Waals surface area contributed by atoms with E-state index >= 15 is 0 Å². The Kier molecular flexibility index (Phi) is 3.89. The smallest absolute Gasteiger partial charge is 0.252 e. The van der Waals surface area contributed by atoms with Gasteiger partial charge < -0.3 is 20.4 Å². The maximum Gasteiger partial charge on any atom is 0.252 e. The monoisotopic (exact) mass is 237 g/mol. The zero-order chi connectivity index (χ0) is 12.1. The first-order valence-electron chi connectivity index (χ1n) is 5.55. The molecule has 0 aliphatic carbocycles. The number of H-pyrrole nitrogens is 1. The number of pyridine rings is 1. The van der Waals surface area contributed by atoms with Gasteiger partial charge in [-0.05, 0) is 6.07 Å². The lowest BCUT2D eigenvalue weighted by molar-refractivity contribution is 0.0287. The second kappa shape index (κ2) is 5.60. The number of carbonyl (C=O) groups is 1. The van der Waals surface area contributed by atoms with E-state index in [9.17, 15) is 9.59 Å². The molecule has 1 aromatic rings. The molecule has 3 N–H and O–H groups in total. The van der Waals surface area contributed by atoms with Crippen molar-refractivity contribution in [1.29, 1.82) is 0 Å². The van der Waals surface area contributed by atoms with Crippen LogP contribution in [0.3, 0.4) is 0 Å². The summed E-state index contributed by atoms with van der Waals surface area (Å²) >= 11 is 0. The molecule has 1 aliphatic heterocycles. The number of aromatic amines is 1. The normalized spacial score (nSPS) is 19.9. The summed E-state index contributed by atoms with van der Waals surface area (Å²) in [4.78, 5) is 25.0. The third-order valence-corrected chi connectivity index (χ3v) is 2.54. The number of carbonyl (C=O) groups excluding carboxylic acids is 1. The van der Waals surface area contributed by atoms with Crippen LogP contribution >= 0.6 is 0 Å². The molecule has 0 aromatic carbocycles. The van der Waals surface area contributed by atoms with Gasteiger partial charge in [-0.2, -0.15) is 0 Å². The third kappa shape index (κ3) is 3.40. The van der Waals surface area contributed by atoms with Crippen molar-refractivity contribution in [2.45, 2.75) is 6.10 Å². The third-order valence-electron chi connectivity index (χ3n) is 2.54. The SMILES string of the molecule is O=C(NCC1CNCCO1)c1ccc(=O)[nH]c1. The Morgan fingerprint density at radius 2 is 2.41 bits per heavy atom. The molecule has 2 rings (SSSR count).